The first-order valence-corrected chi connectivity index (χ1v) is 15.6. The van der Waals surface area contributed by atoms with E-state index in [0.717, 1.165) is 50.8 Å². The van der Waals surface area contributed by atoms with Gasteiger partial charge in [-0.15, -0.1) is 0 Å². The molecule has 2 N–H and O–H groups in total. The van der Waals surface area contributed by atoms with Gasteiger partial charge in [-0.3, -0.25) is 4.90 Å². The molecule has 0 radical (unpaired) electrons. The molecule has 2 saturated heterocycles. The maximum atomic E-state index is 16.7. The summed E-state index contributed by atoms with van der Waals surface area (Å²) in [6, 6.07) is 1.69. The number of nitrogens with two attached hydrogens (primary N) is 1. The van der Waals surface area contributed by atoms with Crippen molar-refractivity contribution in [2.45, 2.75) is 74.5 Å². The summed E-state index contributed by atoms with van der Waals surface area (Å²) < 4.78 is 86.5. The fourth-order valence-electron chi connectivity index (χ4n) is 7.74. The van der Waals surface area contributed by atoms with Crippen LogP contribution < -0.4 is 20.1 Å². The first-order valence-electron chi connectivity index (χ1n) is 15.2. The number of alkyl halides is 4. The third-order valence-corrected chi connectivity index (χ3v) is 10.4. The molecule has 0 amide bonds. The molecule has 2 aromatic heterocycles. The minimum atomic E-state index is -4.98. The van der Waals surface area contributed by atoms with Crippen LogP contribution >= 0.6 is 11.6 Å². The lowest BCUT2D eigenvalue weighted by atomic mass is 9.71. The van der Waals surface area contributed by atoms with Gasteiger partial charge < -0.3 is 25.0 Å². The number of ether oxygens (including phenoxy) is 2. The van der Waals surface area contributed by atoms with E-state index in [1.54, 1.807) is 0 Å². The van der Waals surface area contributed by atoms with Crippen molar-refractivity contribution in [2.75, 3.05) is 43.9 Å². The van der Waals surface area contributed by atoms with E-state index in [0.29, 0.717) is 13.0 Å². The Morgan fingerprint density at radius 2 is 1.96 bits per heavy atom. The molecule has 1 unspecified atom stereocenters. The topological polar surface area (TPSA) is 94.0 Å². The number of hydrogen-bond acceptors (Lipinski definition) is 8. The molecule has 46 heavy (non-hydrogen) atoms. The van der Waals surface area contributed by atoms with Crippen molar-refractivity contribution in [3.63, 3.8) is 0 Å². The van der Waals surface area contributed by atoms with Crippen molar-refractivity contribution >= 4 is 34.0 Å². The van der Waals surface area contributed by atoms with Crippen LogP contribution in [0.1, 0.15) is 50.5 Å². The number of fused-ring (bicyclic) bond motifs is 1. The van der Waals surface area contributed by atoms with Crippen molar-refractivity contribution in [1.82, 2.24) is 19.9 Å². The van der Waals surface area contributed by atoms with Gasteiger partial charge in [-0.25, -0.2) is 20.3 Å². The van der Waals surface area contributed by atoms with E-state index in [-0.39, 0.29) is 53.9 Å². The number of aromatic nitrogens is 3. The molecule has 1 aromatic carbocycles. The number of anilines is 2. The first-order chi connectivity index (χ1) is 21.8. The quantitative estimate of drug-likeness (QED) is 0.189. The molecule has 3 aliphatic heterocycles. The Morgan fingerprint density at radius 3 is 2.65 bits per heavy atom. The SMILES string of the molecule is [C-]#[N+]CC1CC2(CCC2)N(C)c2nc(OC[C@@]34CCCN3C[C@H](F)C4)nc3c(F)c(-c4cc(N)cc(Cl)c4C(F)(F)F)nc(c23)O1. The van der Waals surface area contributed by atoms with Crippen molar-refractivity contribution in [3.8, 4) is 23.1 Å². The summed E-state index contributed by atoms with van der Waals surface area (Å²) >= 11 is 6.02. The van der Waals surface area contributed by atoms with Crippen molar-refractivity contribution in [3.05, 3.63) is 40.0 Å². The van der Waals surface area contributed by atoms with Crippen LogP contribution in [0.4, 0.5) is 33.5 Å². The maximum absolute atomic E-state index is 16.7. The van der Waals surface area contributed by atoms with Crippen LogP contribution in [0.15, 0.2) is 12.1 Å². The third-order valence-electron chi connectivity index (χ3n) is 10.1. The second-order valence-corrected chi connectivity index (χ2v) is 13.2. The molecule has 15 heteroatoms. The number of nitrogen functional groups attached to an aromatic ring is 1. The van der Waals surface area contributed by atoms with Gasteiger partial charge in [0.1, 0.15) is 35.2 Å². The Bertz CT molecular complexity index is 1760. The fourth-order valence-corrected chi connectivity index (χ4v) is 8.07. The fraction of sp³-hybridized carbons (Fsp3) is 0.548. The van der Waals surface area contributed by atoms with Crippen molar-refractivity contribution < 1.29 is 31.4 Å². The van der Waals surface area contributed by atoms with Gasteiger partial charge in [-0.2, -0.15) is 23.1 Å². The molecule has 4 aliphatic rings. The highest BCUT2D eigenvalue weighted by atomic mass is 35.5. The van der Waals surface area contributed by atoms with E-state index < -0.39 is 57.2 Å². The first kappa shape index (κ1) is 30.9. The van der Waals surface area contributed by atoms with Gasteiger partial charge in [0, 0.05) is 43.2 Å². The van der Waals surface area contributed by atoms with Crippen molar-refractivity contribution in [1.29, 1.82) is 0 Å². The van der Waals surface area contributed by atoms with Crippen LogP contribution in [0.5, 0.6) is 11.9 Å². The monoisotopic (exact) mass is 663 g/mol. The Morgan fingerprint density at radius 1 is 1.17 bits per heavy atom. The zero-order valence-corrected chi connectivity index (χ0v) is 25.7. The average molecular weight is 664 g/mol. The van der Waals surface area contributed by atoms with Gasteiger partial charge >= 0.3 is 12.2 Å². The Kier molecular flexibility index (Phi) is 7.36. The van der Waals surface area contributed by atoms with Gasteiger partial charge in [-0.1, -0.05) is 11.6 Å². The summed E-state index contributed by atoms with van der Waals surface area (Å²) in [5.41, 5.74) is 1.64. The minimum absolute atomic E-state index is 0.0467. The van der Waals surface area contributed by atoms with Crippen LogP contribution in [0.2, 0.25) is 5.02 Å². The molecule has 3 fully saturated rings. The van der Waals surface area contributed by atoms with E-state index in [1.807, 2.05) is 11.9 Å². The lowest BCUT2D eigenvalue weighted by Gasteiger charge is -2.51. The second kappa shape index (κ2) is 10.9. The van der Waals surface area contributed by atoms with Gasteiger partial charge in [-0.05, 0) is 50.8 Å². The van der Waals surface area contributed by atoms with E-state index >= 15 is 4.39 Å². The number of halogens is 6. The van der Waals surface area contributed by atoms with E-state index in [4.69, 9.17) is 38.4 Å². The number of hydrogen-bond donors (Lipinski definition) is 1. The Hall–Kier alpha value is -3.70. The molecule has 9 nitrogen and oxygen atoms in total. The number of benzene rings is 1. The molecule has 7 rings (SSSR count). The van der Waals surface area contributed by atoms with Gasteiger partial charge in [0.2, 0.25) is 5.88 Å². The van der Waals surface area contributed by atoms with E-state index in [1.165, 1.54) is 0 Å². The van der Waals surface area contributed by atoms with E-state index in [9.17, 15) is 17.6 Å². The van der Waals surface area contributed by atoms with Crippen LogP contribution in [0.25, 0.3) is 27.0 Å². The molecule has 3 atom stereocenters. The number of rotatable bonds is 5. The smallest absolute Gasteiger partial charge is 0.418 e. The third kappa shape index (κ3) is 4.94. The molecule has 0 bridgehead atoms. The summed E-state index contributed by atoms with van der Waals surface area (Å²) in [4.78, 5) is 20.9. The van der Waals surface area contributed by atoms with Crippen molar-refractivity contribution in [2.24, 2.45) is 0 Å². The summed E-state index contributed by atoms with van der Waals surface area (Å²) in [7, 11) is 1.81. The number of nitrogens with zero attached hydrogens (tertiary/aromatic N) is 6. The van der Waals surface area contributed by atoms with Crippen LogP contribution in [-0.4, -0.2) is 76.5 Å². The molecular formula is C31H31ClF5N7O2. The lowest BCUT2D eigenvalue weighted by Crippen LogP contribution is -2.56. The molecule has 5 heterocycles. The highest BCUT2D eigenvalue weighted by Gasteiger charge is 2.50. The summed E-state index contributed by atoms with van der Waals surface area (Å²) in [5.74, 6) is -1.15. The van der Waals surface area contributed by atoms with Gasteiger partial charge in [0.05, 0.1) is 16.1 Å². The summed E-state index contributed by atoms with van der Waals surface area (Å²) in [6.45, 7) is 8.56. The molecule has 244 valence electrons. The van der Waals surface area contributed by atoms with E-state index in [2.05, 4.69) is 19.7 Å². The van der Waals surface area contributed by atoms with Crippen LogP contribution in [-0.2, 0) is 6.18 Å². The molecule has 3 aromatic rings. The molecule has 1 spiro atoms. The zero-order chi connectivity index (χ0) is 32.6. The standard InChI is InChI=1S/C31H31ClF5N7O2/c1-39-13-18-12-29(5-3-6-29)43(2)26-21-25(41-28(42-26)45-15-30-7-4-8-44(30)14-16(33)11-30)23(34)24(40-27(21)46-18)19-9-17(38)10-20(32)22(19)31(35,36)37/h9-10,16,18H,3-8,11-15,38H2,2H3/t16-,18?,30+/m1/s1. The van der Waals surface area contributed by atoms with Gasteiger partial charge in [0.15, 0.2) is 11.9 Å². The van der Waals surface area contributed by atoms with Crippen LogP contribution in [0, 0.1) is 12.4 Å². The summed E-state index contributed by atoms with van der Waals surface area (Å²) in [6.07, 6.45) is -1.92. The molecular weight excluding hydrogens is 633 g/mol. The van der Waals surface area contributed by atoms with Gasteiger partial charge in [0.25, 0.3) is 6.54 Å². The number of pyridine rings is 1. The largest absolute Gasteiger partial charge is 0.466 e. The predicted molar refractivity (Wildman–Crippen MR) is 161 cm³/mol. The van der Waals surface area contributed by atoms with Crippen LogP contribution in [0.3, 0.4) is 0 Å². The predicted octanol–water partition coefficient (Wildman–Crippen LogP) is 6.47. The summed E-state index contributed by atoms with van der Waals surface area (Å²) in [5, 5.41) is -0.675. The average Bonchev–Trinajstić information content (AvgIpc) is 3.48. The highest BCUT2D eigenvalue weighted by Crippen LogP contribution is 2.50. The zero-order valence-electron chi connectivity index (χ0n) is 24.9. The molecule has 1 saturated carbocycles. The maximum Gasteiger partial charge on any atom is 0.418 e. The Labute approximate surface area is 266 Å². The minimum Gasteiger partial charge on any atom is -0.466 e. The normalized spacial score (nSPS) is 25.5. The Balaban J connectivity index is 1.45. The highest BCUT2D eigenvalue weighted by molar-refractivity contribution is 6.32. The second-order valence-electron chi connectivity index (χ2n) is 12.8. The lowest BCUT2D eigenvalue weighted by molar-refractivity contribution is -0.137. The molecule has 1 aliphatic carbocycles.